The molecule has 0 saturated heterocycles. The van der Waals surface area contributed by atoms with Gasteiger partial charge in [-0.2, -0.15) is 0 Å². The molecular weight excluding hydrogens is 380 g/mol. The molecule has 138 valence electrons. The van der Waals surface area contributed by atoms with Gasteiger partial charge in [0.05, 0.1) is 13.2 Å². The fraction of sp³-hybridized carbons (Fsp3) is 0.938. The van der Waals surface area contributed by atoms with Crippen molar-refractivity contribution in [3.63, 3.8) is 0 Å². The molecule has 0 aliphatic rings. The van der Waals surface area contributed by atoms with E-state index in [1.54, 1.807) is 0 Å². The first-order chi connectivity index (χ1) is 11.0. The lowest BCUT2D eigenvalue weighted by Crippen LogP contribution is -2.46. The Balaban J connectivity index is 4.09. The van der Waals surface area contributed by atoms with E-state index in [1.807, 2.05) is 20.8 Å². The number of unbranched alkanes of at least 4 members (excludes halogenated alkanes) is 3. The molecule has 0 aliphatic carbocycles. The number of carbonyl (C=O) groups excluding carboxylic acids is 1. The van der Waals surface area contributed by atoms with Gasteiger partial charge in [-0.3, -0.25) is 4.79 Å². The van der Waals surface area contributed by atoms with Gasteiger partial charge in [0, 0.05) is 30.5 Å². The van der Waals surface area contributed by atoms with Crippen LogP contribution in [0.4, 0.5) is 0 Å². The Bertz CT molecular complexity index is 296. The van der Waals surface area contributed by atoms with Crippen LogP contribution in [0.1, 0.15) is 59.8 Å². The number of ether oxygens (including phenoxy) is 1. The molecule has 0 fully saturated rings. The van der Waals surface area contributed by atoms with Gasteiger partial charge in [0.2, 0.25) is 0 Å². The van der Waals surface area contributed by atoms with E-state index < -0.39 is 8.80 Å². The Labute approximate surface area is 150 Å². The van der Waals surface area contributed by atoms with E-state index in [4.69, 9.17) is 18.0 Å². The van der Waals surface area contributed by atoms with Crippen LogP contribution in [-0.4, -0.2) is 46.0 Å². The second-order valence-corrected chi connectivity index (χ2v) is 9.67. The standard InChI is InChI=1S/C16H33BrO5Si/c1-5-16(18)19-12-10-8-9-11-13-23(20-6-2,21-7-3)22-14-15(4)17/h15H,5-14H2,1-4H3. The zero-order chi connectivity index (χ0) is 17.6. The average Bonchev–Trinajstić information content (AvgIpc) is 2.52. The van der Waals surface area contributed by atoms with Crippen LogP contribution in [0.5, 0.6) is 0 Å². The molecule has 1 atom stereocenters. The van der Waals surface area contributed by atoms with Crippen LogP contribution in [0.15, 0.2) is 0 Å². The summed E-state index contributed by atoms with van der Waals surface area (Å²) in [7, 11) is -2.57. The predicted octanol–water partition coefficient (Wildman–Crippen LogP) is 4.31. The first-order valence-electron chi connectivity index (χ1n) is 8.71. The van der Waals surface area contributed by atoms with Gasteiger partial charge in [-0.05, 0) is 26.7 Å². The third kappa shape index (κ3) is 12.1. The topological polar surface area (TPSA) is 54.0 Å². The number of carbonyl (C=O) groups is 1. The van der Waals surface area contributed by atoms with Crippen molar-refractivity contribution in [2.45, 2.75) is 70.7 Å². The van der Waals surface area contributed by atoms with Crippen molar-refractivity contribution in [2.75, 3.05) is 26.4 Å². The molecule has 0 radical (unpaired) electrons. The molecule has 0 spiro atoms. The molecule has 1 unspecified atom stereocenters. The Hall–Kier alpha value is 0.0469. The average molecular weight is 413 g/mol. The molecular formula is C16H33BrO5Si. The smallest absolute Gasteiger partial charge is 0.466 e. The zero-order valence-electron chi connectivity index (χ0n) is 15.1. The van der Waals surface area contributed by atoms with Gasteiger partial charge in [-0.15, -0.1) is 0 Å². The second kappa shape index (κ2) is 14.4. The fourth-order valence-corrected chi connectivity index (χ4v) is 5.23. The number of esters is 1. The van der Waals surface area contributed by atoms with E-state index in [-0.39, 0.29) is 10.8 Å². The molecule has 0 N–H and O–H groups in total. The minimum Gasteiger partial charge on any atom is -0.466 e. The predicted molar refractivity (Wildman–Crippen MR) is 97.9 cm³/mol. The molecule has 0 bridgehead atoms. The number of halogens is 1. The van der Waals surface area contributed by atoms with E-state index in [0.29, 0.717) is 32.8 Å². The first kappa shape index (κ1) is 23.0. The van der Waals surface area contributed by atoms with Gasteiger partial charge < -0.3 is 18.0 Å². The van der Waals surface area contributed by atoms with E-state index in [1.165, 1.54) is 0 Å². The maximum Gasteiger partial charge on any atom is 0.500 e. The van der Waals surface area contributed by atoms with Crippen LogP contribution in [0.3, 0.4) is 0 Å². The van der Waals surface area contributed by atoms with Crippen molar-refractivity contribution in [1.29, 1.82) is 0 Å². The van der Waals surface area contributed by atoms with Crippen LogP contribution in [0.25, 0.3) is 0 Å². The molecule has 0 saturated carbocycles. The Morgan fingerprint density at radius 2 is 1.61 bits per heavy atom. The summed E-state index contributed by atoms with van der Waals surface area (Å²) in [5, 5.41) is 0. The lowest BCUT2D eigenvalue weighted by Gasteiger charge is -2.29. The van der Waals surface area contributed by atoms with Gasteiger partial charge in [0.15, 0.2) is 0 Å². The number of alkyl halides is 1. The Morgan fingerprint density at radius 1 is 1.00 bits per heavy atom. The SMILES string of the molecule is CCO[Si](CCCCCCOC(=O)CC)(OCC)OCC(C)Br. The summed E-state index contributed by atoms with van der Waals surface area (Å²) in [6.45, 7) is 10.1. The van der Waals surface area contributed by atoms with Crippen LogP contribution in [0.2, 0.25) is 6.04 Å². The van der Waals surface area contributed by atoms with Crippen LogP contribution < -0.4 is 0 Å². The summed E-state index contributed by atoms with van der Waals surface area (Å²) in [6.07, 6.45) is 4.45. The van der Waals surface area contributed by atoms with Crippen LogP contribution in [-0.2, 0) is 22.8 Å². The highest BCUT2D eigenvalue weighted by Gasteiger charge is 2.40. The monoisotopic (exact) mass is 412 g/mol. The quantitative estimate of drug-likeness (QED) is 0.173. The summed E-state index contributed by atoms with van der Waals surface area (Å²) in [6, 6.07) is 0.836. The maximum atomic E-state index is 11.0. The lowest BCUT2D eigenvalue weighted by atomic mass is 10.2. The molecule has 0 heterocycles. The minimum absolute atomic E-state index is 0.124. The zero-order valence-corrected chi connectivity index (χ0v) is 17.7. The molecule has 0 aromatic carbocycles. The molecule has 7 heteroatoms. The van der Waals surface area contributed by atoms with E-state index in [2.05, 4.69) is 22.9 Å². The van der Waals surface area contributed by atoms with Crippen molar-refractivity contribution < 1.29 is 22.8 Å². The molecule has 0 amide bonds. The van der Waals surface area contributed by atoms with Crippen LogP contribution >= 0.6 is 15.9 Å². The van der Waals surface area contributed by atoms with Crippen molar-refractivity contribution >= 4 is 30.7 Å². The van der Waals surface area contributed by atoms with Gasteiger partial charge in [-0.25, -0.2) is 0 Å². The molecule has 0 aromatic rings. The fourth-order valence-electron chi connectivity index (χ4n) is 2.11. The molecule has 0 rings (SSSR count). The largest absolute Gasteiger partial charge is 0.500 e. The van der Waals surface area contributed by atoms with Gasteiger partial charge in [0.1, 0.15) is 0 Å². The highest BCUT2D eigenvalue weighted by atomic mass is 79.9. The highest BCUT2D eigenvalue weighted by Crippen LogP contribution is 2.21. The summed E-state index contributed by atoms with van der Waals surface area (Å²) < 4.78 is 22.9. The number of rotatable bonds is 15. The molecule has 0 aromatic heterocycles. The number of hydrogen-bond acceptors (Lipinski definition) is 5. The van der Waals surface area contributed by atoms with Crippen molar-refractivity contribution in [1.82, 2.24) is 0 Å². The summed E-state index contributed by atoms with van der Waals surface area (Å²) in [5.74, 6) is -0.124. The third-order valence-corrected chi connectivity index (χ3v) is 6.48. The first-order valence-corrected chi connectivity index (χ1v) is 11.6. The highest BCUT2D eigenvalue weighted by molar-refractivity contribution is 9.09. The van der Waals surface area contributed by atoms with E-state index in [0.717, 1.165) is 31.7 Å². The summed E-state index contributed by atoms with van der Waals surface area (Å²) >= 11 is 3.50. The van der Waals surface area contributed by atoms with Crippen molar-refractivity contribution in [3.8, 4) is 0 Å². The van der Waals surface area contributed by atoms with E-state index in [9.17, 15) is 4.79 Å². The Kier molecular flexibility index (Phi) is 14.4. The lowest BCUT2D eigenvalue weighted by molar-refractivity contribution is -0.143. The summed E-state index contributed by atoms with van der Waals surface area (Å²) in [5.41, 5.74) is 0. The minimum atomic E-state index is -2.57. The number of hydrogen-bond donors (Lipinski definition) is 0. The molecule has 0 aliphatic heterocycles. The van der Waals surface area contributed by atoms with Crippen molar-refractivity contribution in [2.24, 2.45) is 0 Å². The molecule has 5 nitrogen and oxygen atoms in total. The van der Waals surface area contributed by atoms with Gasteiger partial charge in [-0.1, -0.05) is 42.6 Å². The van der Waals surface area contributed by atoms with E-state index >= 15 is 0 Å². The molecule has 23 heavy (non-hydrogen) atoms. The summed E-state index contributed by atoms with van der Waals surface area (Å²) in [4.78, 5) is 11.3. The van der Waals surface area contributed by atoms with Gasteiger partial charge >= 0.3 is 14.8 Å². The van der Waals surface area contributed by atoms with Gasteiger partial charge in [0.25, 0.3) is 0 Å². The van der Waals surface area contributed by atoms with Crippen molar-refractivity contribution in [3.05, 3.63) is 0 Å². The second-order valence-electron chi connectivity index (χ2n) is 5.38. The van der Waals surface area contributed by atoms with Crippen LogP contribution in [0, 0.1) is 0 Å². The Morgan fingerprint density at radius 3 is 2.13 bits per heavy atom. The normalized spacial score (nSPS) is 13.1. The maximum absolute atomic E-state index is 11.0. The third-order valence-electron chi connectivity index (χ3n) is 3.19.